The zero-order valence-corrected chi connectivity index (χ0v) is 8.68. The summed E-state index contributed by atoms with van der Waals surface area (Å²) in [4.78, 5) is 12.5. The number of halogens is 1. The number of hydrogen-bond acceptors (Lipinski definition) is 4. The van der Waals surface area contributed by atoms with Crippen molar-refractivity contribution in [1.29, 1.82) is 0 Å². The van der Waals surface area contributed by atoms with Crippen LogP contribution in [0.4, 0.5) is 0 Å². The predicted octanol–water partition coefficient (Wildman–Crippen LogP) is 2.00. The van der Waals surface area contributed by atoms with E-state index in [1.54, 1.807) is 16.8 Å². The Kier molecular flexibility index (Phi) is 1.76. The van der Waals surface area contributed by atoms with Crippen molar-refractivity contribution in [3.8, 4) is 0 Å². The Labute approximate surface area is 81.0 Å². The van der Waals surface area contributed by atoms with Gasteiger partial charge in [0.1, 0.15) is 0 Å². The molecule has 0 amide bonds. The van der Waals surface area contributed by atoms with Gasteiger partial charge in [0.2, 0.25) is 0 Å². The third kappa shape index (κ3) is 1.22. The predicted molar refractivity (Wildman–Crippen MR) is 52.7 cm³/mol. The lowest BCUT2D eigenvalue weighted by Crippen LogP contribution is -1.90. The fourth-order valence-corrected chi connectivity index (χ4v) is 2.14. The van der Waals surface area contributed by atoms with E-state index in [0.29, 0.717) is 0 Å². The molecule has 0 aliphatic heterocycles. The average Bonchev–Trinajstić information content (AvgIpc) is 2.34. The van der Waals surface area contributed by atoms with Gasteiger partial charge in [0.05, 0.1) is 15.9 Å². The summed E-state index contributed by atoms with van der Waals surface area (Å²) in [5.41, 5.74) is 3.62. The number of aromatic nitrogens is 3. The molecule has 0 aliphatic carbocycles. The van der Waals surface area contributed by atoms with Gasteiger partial charge in [-0.25, -0.2) is 15.0 Å². The summed E-state index contributed by atoms with van der Waals surface area (Å²) in [7, 11) is 0. The molecule has 5 heteroatoms. The van der Waals surface area contributed by atoms with E-state index < -0.39 is 0 Å². The first kappa shape index (κ1) is 7.35. The van der Waals surface area contributed by atoms with Crippen molar-refractivity contribution >= 4 is 44.3 Å². The van der Waals surface area contributed by atoms with Gasteiger partial charge in [-0.3, -0.25) is 0 Å². The number of fused-ring (bicyclic) bond motifs is 1. The second kappa shape index (κ2) is 2.63. The van der Waals surface area contributed by atoms with Crippen LogP contribution >= 0.6 is 33.9 Å². The maximum atomic E-state index is 4.22. The molecule has 0 fully saturated rings. The third-order valence-corrected chi connectivity index (χ3v) is 2.74. The Morgan fingerprint density at radius 1 is 1.45 bits per heavy atom. The minimum absolute atomic E-state index is 0.763. The van der Waals surface area contributed by atoms with Gasteiger partial charge in [-0.1, -0.05) is 0 Å². The molecule has 0 aromatic carbocycles. The third-order valence-electron chi connectivity index (χ3n) is 1.34. The van der Waals surface area contributed by atoms with Crippen LogP contribution in [0, 0.1) is 10.8 Å². The minimum atomic E-state index is 0.763. The van der Waals surface area contributed by atoms with E-state index in [0.717, 1.165) is 19.9 Å². The highest BCUT2D eigenvalue weighted by molar-refractivity contribution is 14.1. The van der Waals surface area contributed by atoms with Crippen LogP contribution in [0.1, 0.15) is 5.69 Å². The quantitative estimate of drug-likeness (QED) is 0.546. The fourth-order valence-electron chi connectivity index (χ4n) is 0.869. The lowest BCUT2D eigenvalue weighted by atomic mass is 10.4. The van der Waals surface area contributed by atoms with Crippen LogP contribution in [0.2, 0.25) is 0 Å². The second-order valence-corrected chi connectivity index (χ2v) is 3.90. The zero-order chi connectivity index (χ0) is 7.84. The molecule has 0 aliphatic rings. The smallest absolute Gasteiger partial charge is 0.193 e. The van der Waals surface area contributed by atoms with Crippen molar-refractivity contribution in [3.63, 3.8) is 0 Å². The van der Waals surface area contributed by atoms with Crippen molar-refractivity contribution in [2.24, 2.45) is 0 Å². The van der Waals surface area contributed by atoms with Crippen molar-refractivity contribution in [3.05, 3.63) is 15.0 Å². The molecule has 2 aromatic heterocycles. The van der Waals surface area contributed by atoms with Crippen molar-refractivity contribution in [2.45, 2.75) is 6.92 Å². The van der Waals surface area contributed by atoms with Crippen molar-refractivity contribution < 1.29 is 0 Å². The first-order chi connectivity index (χ1) is 5.27. The molecule has 0 saturated carbocycles. The lowest BCUT2D eigenvalue weighted by molar-refractivity contribution is 1.09. The van der Waals surface area contributed by atoms with Gasteiger partial charge in [0.15, 0.2) is 9.48 Å². The lowest BCUT2D eigenvalue weighted by Gasteiger charge is -1.92. The van der Waals surface area contributed by atoms with Gasteiger partial charge in [-0.2, -0.15) is 0 Å². The Bertz CT molecular complexity index is 398. The summed E-state index contributed by atoms with van der Waals surface area (Å²) >= 11 is 3.68. The summed E-state index contributed by atoms with van der Waals surface area (Å²) in [6.45, 7) is 1.98. The van der Waals surface area contributed by atoms with Gasteiger partial charge in [-0.05, 0) is 6.92 Å². The number of hydrogen-bond donors (Lipinski definition) is 0. The molecule has 0 spiro atoms. The Morgan fingerprint density at radius 3 is 3.09 bits per heavy atom. The summed E-state index contributed by atoms with van der Waals surface area (Å²) < 4.78 is 1.85. The SMILES string of the molecule is Cc1nc(I)nc2ncsc12. The number of thiazole rings is 1. The summed E-state index contributed by atoms with van der Waals surface area (Å²) in [6.07, 6.45) is 0. The highest BCUT2D eigenvalue weighted by Crippen LogP contribution is 2.18. The molecule has 0 unspecified atom stereocenters. The number of aryl methyl sites for hydroxylation is 1. The van der Waals surface area contributed by atoms with Crippen LogP contribution in [0.15, 0.2) is 5.51 Å². The molecule has 11 heavy (non-hydrogen) atoms. The van der Waals surface area contributed by atoms with Gasteiger partial charge in [-0.15, -0.1) is 11.3 Å². The molecule has 0 atom stereocenters. The number of rotatable bonds is 0. The van der Waals surface area contributed by atoms with Crippen LogP contribution < -0.4 is 0 Å². The summed E-state index contributed by atoms with van der Waals surface area (Å²) in [5, 5.41) is 0. The highest BCUT2D eigenvalue weighted by Gasteiger charge is 2.03. The van der Waals surface area contributed by atoms with E-state index in [1.165, 1.54) is 0 Å². The summed E-state index contributed by atoms with van der Waals surface area (Å²) in [5.74, 6) is 0. The van der Waals surface area contributed by atoms with Gasteiger partial charge in [0.25, 0.3) is 0 Å². The topological polar surface area (TPSA) is 38.7 Å². The first-order valence-corrected chi connectivity index (χ1v) is 4.96. The Hall–Kier alpha value is -0.300. The van der Waals surface area contributed by atoms with Gasteiger partial charge >= 0.3 is 0 Å². The molecule has 0 radical (unpaired) electrons. The van der Waals surface area contributed by atoms with Gasteiger partial charge in [0, 0.05) is 22.6 Å². The molecule has 0 bridgehead atoms. The van der Waals surface area contributed by atoms with Crippen molar-refractivity contribution in [2.75, 3.05) is 0 Å². The molecule has 2 heterocycles. The van der Waals surface area contributed by atoms with Crippen LogP contribution in [0.25, 0.3) is 10.3 Å². The number of nitrogens with zero attached hydrogens (tertiary/aromatic N) is 3. The van der Waals surface area contributed by atoms with Gasteiger partial charge < -0.3 is 0 Å². The van der Waals surface area contributed by atoms with E-state index in [-0.39, 0.29) is 0 Å². The standard InChI is InChI=1S/C6H4IN3S/c1-3-4-5(8-2-11-4)10-6(7)9-3/h2H,1H3. The van der Waals surface area contributed by atoms with E-state index in [1.807, 2.05) is 6.92 Å². The van der Waals surface area contributed by atoms with Crippen LogP contribution in [-0.4, -0.2) is 15.0 Å². The minimum Gasteiger partial charge on any atom is -0.227 e. The summed E-state index contributed by atoms with van der Waals surface area (Å²) in [6, 6.07) is 0. The average molecular weight is 277 g/mol. The molecule has 0 N–H and O–H groups in total. The molecule has 2 aromatic rings. The molecular weight excluding hydrogens is 273 g/mol. The monoisotopic (exact) mass is 277 g/mol. The molecule has 56 valence electrons. The molecular formula is C6H4IN3S. The normalized spacial score (nSPS) is 10.7. The largest absolute Gasteiger partial charge is 0.227 e. The molecule has 3 nitrogen and oxygen atoms in total. The maximum absolute atomic E-state index is 4.22. The van der Waals surface area contributed by atoms with E-state index in [4.69, 9.17) is 0 Å². The first-order valence-electron chi connectivity index (χ1n) is 3.01. The molecule has 2 rings (SSSR count). The maximum Gasteiger partial charge on any atom is 0.193 e. The van der Waals surface area contributed by atoms with Crippen molar-refractivity contribution in [1.82, 2.24) is 15.0 Å². The van der Waals surface area contributed by atoms with Crippen LogP contribution in [0.5, 0.6) is 0 Å². The molecule has 0 saturated heterocycles. The highest BCUT2D eigenvalue weighted by atomic mass is 127. The zero-order valence-electron chi connectivity index (χ0n) is 5.71. The van der Waals surface area contributed by atoms with Crippen LogP contribution in [-0.2, 0) is 0 Å². The van der Waals surface area contributed by atoms with Crippen LogP contribution in [0.3, 0.4) is 0 Å². The van der Waals surface area contributed by atoms with E-state index in [2.05, 4.69) is 37.5 Å². The fraction of sp³-hybridized carbons (Fsp3) is 0.167. The Balaban J connectivity index is 2.91. The second-order valence-electron chi connectivity index (χ2n) is 2.08. The van der Waals surface area contributed by atoms with E-state index >= 15 is 0 Å². The Morgan fingerprint density at radius 2 is 2.27 bits per heavy atom. The van der Waals surface area contributed by atoms with E-state index in [9.17, 15) is 0 Å².